The normalized spacial score (nSPS) is 17.0. The van der Waals surface area contributed by atoms with Crippen molar-refractivity contribution in [3.8, 4) is 0 Å². The first kappa shape index (κ1) is 17.1. The Kier molecular flexibility index (Phi) is 4.79. The molecule has 0 spiro atoms. The summed E-state index contributed by atoms with van der Waals surface area (Å²) in [5, 5.41) is 2.54. The molecule has 0 radical (unpaired) electrons. The standard InChI is InChI=1S/C19H18F2N2O2/c1-2-12-3-6-15(7-4-12)23-11-13(9-18(23)24)19(25)22-14-5-8-16(20)17(21)10-14/h3-8,10,13H,2,9,11H2,1H3,(H,22,25)/t13-/m0/s1. The van der Waals surface area contributed by atoms with Gasteiger partial charge in [0, 0.05) is 30.4 Å². The Labute approximate surface area is 144 Å². The van der Waals surface area contributed by atoms with Crippen molar-refractivity contribution in [1.29, 1.82) is 0 Å². The quantitative estimate of drug-likeness (QED) is 0.923. The van der Waals surface area contributed by atoms with E-state index in [9.17, 15) is 18.4 Å². The number of carbonyl (C=O) groups is 2. The maximum atomic E-state index is 13.2. The van der Waals surface area contributed by atoms with Crippen LogP contribution in [-0.4, -0.2) is 18.4 Å². The third-order valence-corrected chi connectivity index (χ3v) is 4.34. The molecule has 25 heavy (non-hydrogen) atoms. The number of amides is 2. The number of hydrogen-bond acceptors (Lipinski definition) is 2. The van der Waals surface area contributed by atoms with E-state index in [2.05, 4.69) is 12.2 Å². The van der Waals surface area contributed by atoms with Gasteiger partial charge in [0.05, 0.1) is 5.92 Å². The number of nitrogens with one attached hydrogen (secondary N) is 1. The largest absolute Gasteiger partial charge is 0.326 e. The number of carbonyl (C=O) groups excluding carboxylic acids is 2. The first-order valence-corrected chi connectivity index (χ1v) is 8.13. The minimum absolute atomic E-state index is 0.0883. The average Bonchev–Trinajstić information content (AvgIpc) is 3.00. The fourth-order valence-corrected chi connectivity index (χ4v) is 2.86. The molecule has 130 valence electrons. The van der Waals surface area contributed by atoms with Gasteiger partial charge < -0.3 is 10.2 Å². The molecule has 4 nitrogen and oxygen atoms in total. The van der Waals surface area contributed by atoms with Gasteiger partial charge in [-0.2, -0.15) is 0 Å². The van der Waals surface area contributed by atoms with E-state index in [0.29, 0.717) is 0 Å². The Bertz CT molecular complexity index is 806. The number of rotatable bonds is 4. The Hall–Kier alpha value is -2.76. The third-order valence-electron chi connectivity index (χ3n) is 4.34. The third kappa shape index (κ3) is 3.68. The van der Waals surface area contributed by atoms with Gasteiger partial charge in [-0.25, -0.2) is 8.78 Å². The van der Waals surface area contributed by atoms with Crippen LogP contribution in [0, 0.1) is 17.6 Å². The lowest BCUT2D eigenvalue weighted by Gasteiger charge is -2.17. The van der Waals surface area contributed by atoms with E-state index in [1.165, 1.54) is 11.6 Å². The molecule has 6 heteroatoms. The molecule has 0 unspecified atom stereocenters. The zero-order valence-corrected chi connectivity index (χ0v) is 13.8. The van der Waals surface area contributed by atoms with E-state index in [1.807, 2.05) is 24.3 Å². The molecule has 1 aliphatic rings. The lowest BCUT2D eigenvalue weighted by atomic mass is 10.1. The highest BCUT2D eigenvalue weighted by atomic mass is 19.2. The second-order valence-electron chi connectivity index (χ2n) is 6.04. The number of anilines is 2. The number of halogens is 2. The van der Waals surface area contributed by atoms with Crippen LogP contribution in [0.5, 0.6) is 0 Å². The fourth-order valence-electron chi connectivity index (χ4n) is 2.86. The smallest absolute Gasteiger partial charge is 0.229 e. The van der Waals surface area contributed by atoms with Crippen LogP contribution in [0.3, 0.4) is 0 Å². The van der Waals surface area contributed by atoms with E-state index < -0.39 is 17.6 Å². The predicted molar refractivity (Wildman–Crippen MR) is 91.3 cm³/mol. The Morgan fingerprint density at radius 3 is 2.52 bits per heavy atom. The molecule has 1 aliphatic heterocycles. The number of benzene rings is 2. The minimum Gasteiger partial charge on any atom is -0.326 e. The summed E-state index contributed by atoms with van der Waals surface area (Å²) in [7, 11) is 0. The summed E-state index contributed by atoms with van der Waals surface area (Å²) in [6, 6.07) is 10.8. The molecule has 1 fully saturated rings. The van der Waals surface area contributed by atoms with Crippen molar-refractivity contribution in [2.75, 3.05) is 16.8 Å². The minimum atomic E-state index is -1.03. The maximum absolute atomic E-state index is 13.2. The monoisotopic (exact) mass is 344 g/mol. The van der Waals surface area contributed by atoms with Crippen LogP contribution in [0.4, 0.5) is 20.2 Å². The lowest BCUT2D eigenvalue weighted by molar-refractivity contribution is -0.122. The molecule has 2 aromatic carbocycles. The number of nitrogens with zero attached hydrogens (tertiary/aromatic N) is 1. The average molecular weight is 344 g/mol. The van der Waals surface area contributed by atoms with E-state index in [1.54, 1.807) is 4.90 Å². The van der Waals surface area contributed by atoms with Crippen LogP contribution >= 0.6 is 0 Å². The molecule has 3 rings (SSSR count). The van der Waals surface area contributed by atoms with Crippen molar-refractivity contribution < 1.29 is 18.4 Å². The zero-order chi connectivity index (χ0) is 18.0. The lowest BCUT2D eigenvalue weighted by Crippen LogP contribution is -2.28. The summed E-state index contributed by atoms with van der Waals surface area (Å²) < 4.78 is 26.2. The van der Waals surface area contributed by atoms with Gasteiger partial charge in [0.15, 0.2) is 11.6 Å². The summed E-state index contributed by atoms with van der Waals surface area (Å²) in [5.41, 5.74) is 2.09. The van der Waals surface area contributed by atoms with Gasteiger partial charge in [-0.1, -0.05) is 19.1 Å². The van der Waals surface area contributed by atoms with Gasteiger partial charge in [-0.05, 0) is 36.2 Å². The van der Waals surface area contributed by atoms with Crippen molar-refractivity contribution >= 4 is 23.2 Å². The van der Waals surface area contributed by atoms with E-state index in [-0.39, 0.29) is 30.5 Å². The van der Waals surface area contributed by atoms with Crippen LogP contribution in [-0.2, 0) is 16.0 Å². The van der Waals surface area contributed by atoms with Crippen molar-refractivity contribution in [1.82, 2.24) is 0 Å². The van der Waals surface area contributed by atoms with E-state index in [4.69, 9.17) is 0 Å². The van der Waals surface area contributed by atoms with Gasteiger partial charge in [-0.15, -0.1) is 0 Å². The van der Waals surface area contributed by atoms with Gasteiger partial charge in [0.1, 0.15) is 0 Å². The molecule has 0 saturated carbocycles. The van der Waals surface area contributed by atoms with Crippen molar-refractivity contribution in [3.05, 3.63) is 59.7 Å². The Morgan fingerprint density at radius 1 is 1.16 bits per heavy atom. The molecule has 1 heterocycles. The molecule has 0 aromatic heterocycles. The zero-order valence-electron chi connectivity index (χ0n) is 13.8. The van der Waals surface area contributed by atoms with Gasteiger partial charge in [0.25, 0.3) is 0 Å². The highest BCUT2D eigenvalue weighted by molar-refractivity contribution is 6.03. The Balaban J connectivity index is 1.68. The van der Waals surface area contributed by atoms with E-state index in [0.717, 1.165) is 24.2 Å². The molecular weight excluding hydrogens is 326 g/mol. The highest BCUT2D eigenvalue weighted by Crippen LogP contribution is 2.26. The summed E-state index contributed by atoms with van der Waals surface area (Å²) >= 11 is 0. The summed E-state index contributed by atoms with van der Waals surface area (Å²) in [6.45, 7) is 2.31. The second-order valence-corrected chi connectivity index (χ2v) is 6.04. The Morgan fingerprint density at radius 2 is 1.88 bits per heavy atom. The second kappa shape index (κ2) is 7.01. The molecular formula is C19H18F2N2O2. The first-order valence-electron chi connectivity index (χ1n) is 8.13. The molecule has 1 atom stereocenters. The molecule has 0 aliphatic carbocycles. The first-order chi connectivity index (χ1) is 12.0. The molecule has 1 N–H and O–H groups in total. The molecule has 1 saturated heterocycles. The van der Waals surface area contributed by atoms with Crippen LogP contribution in [0.2, 0.25) is 0 Å². The van der Waals surface area contributed by atoms with Gasteiger partial charge >= 0.3 is 0 Å². The molecule has 0 bridgehead atoms. The van der Waals surface area contributed by atoms with E-state index >= 15 is 0 Å². The fraction of sp³-hybridized carbons (Fsp3) is 0.263. The SMILES string of the molecule is CCc1ccc(N2C[C@@H](C(=O)Nc3ccc(F)c(F)c3)CC2=O)cc1. The number of hydrogen-bond donors (Lipinski definition) is 1. The summed E-state index contributed by atoms with van der Waals surface area (Å²) in [6.07, 6.45) is 0.999. The van der Waals surface area contributed by atoms with Crippen molar-refractivity contribution in [3.63, 3.8) is 0 Å². The van der Waals surface area contributed by atoms with Crippen LogP contribution < -0.4 is 10.2 Å². The van der Waals surface area contributed by atoms with Crippen LogP contribution in [0.25, 0.3) is 0 Å². The molecule has 2 aromatic rings. The summed E-state index contributed by atoms with van der Waals surface area (Å²) in [4.78, 5) is 26.1. The van der Waals surface area contributed by atoms with Crippen LogP contribution in [0.1, 0.15) is 18.9 Å². The van der Waals surface area contributed by atoms with Gasteiger partial charge in [-0.3, -0.25) is 9.59 Å². The molecule has 2 amide bonds. The highest BCUT2D eigenvalue weighted by Gasteiger charge is 2.35. The van der Waals surface area contributed by atoms with Gasteiger partial charge in [0.2, 0.25) is 11.8 Å². The van der Waals surface area contributed by atoms with Crippen molar-refractivity contribution in [2.45, 2.75) is 19.8 Å². The maximum Gasteiger partial charge on any atom is 0.229 e. The predicted octanol–water partition coefficient (Wildman–Crippen LogP) is 3.52. The topological polar surface area (TPSA) is 49.4 Å². The van der Waals surface area contributed by atoms with Crippen molar-refractivity contribution in [2.24, 2.45) is 5.92 Å². The summed E-state index contributed by atoms with van der Waals surface area (Å²) in [5.74, 6) is -3.05. The number of aryl methyl sites for hydroxylation is 1. The van der Waals surface area contributed by atoms with Crippen LogP contribution in [0.15, 0.2) is 42.5 Å².